The van der Waals surface area contributed by atoms with Crippen LogP contribution in [0.4, 0.5) is 0 Å². The van der Waals surface area contributed by atoms with E-state index in [4.69, 9.17) is 5.73 Å². The summed E-state index contributed by atoms with van der Waals surface area (Å²) >= 11 is 0. The first-order valence-electron chi connectivity index (χ1n) is 7.35. The third-order valence-corrected chi connectivity index (χ3v) is 3.66. The van der Waals surface area contributed by atoms with Crippen LogP contribution < -0.4 is 5.73 Å². The Morgan fingerprint density at radius 3 is 2.74 bits per heavy atom. The molecule has 0 fully saturated rings. The molecule has 19 heavy (non-hydrogen) atoms. The highest BCUT2D eigenvalue weighted by atomic mass is 16.1. The van der Waals surface area contributed by atoms with E-state index in [1.54, 1.807) is 6.20 Å². The highest BCUT2D eigenvalue weighted by molar-refractivity contribution is 5.94. The van der Waals surface area contributed by atoms with E-state index in [1.165, 1.54) is 0 Å². The number of carbonyl (C=O) groups is 1. The van der Waals surface area contributed by atoms with Crippen LogP contribution in [0.1, 0.15) is 56.9 Å². The lowest BCUT2D eigenvalue weighted by Gasteiger charge is -2.19. The normalized spacial score (nSPS) is 12.9. The van der Waals surface area contributed by atoms with Crippen LogP contribution in [0.3, 0.4) is 0 Å². The van der Waals surface area contributed by atoms with E-state index in [-0.39, 0.29) is 5.78 Å². The van der Waals surface area contributed by atoms with Gasteiger partial charge in [-0.1, -0.05) is 20.8 Å². The number of nitrogens with two attached hydrogens (primary N) is 1. The summed E-state index contributed by atoms with van der Waals surface area (Å²) in [6.45, 7) is 8.00. The molecule has 2 N–H and O–H groups in total. The molecule has 1 rings (SSSR count). The van der Waals surface area contributed by atoms with E-state index in [9.17, 15) is 4.79 Å². The molecule has 0 saturated heterocycles. The molecule has 4 nitrogen and oxygen atoms in total. The largest absolute Gasteiger partial charge is 0.330 e. The molecule has 0 spiro atoms. The van der Waals surface area contributed by atoms with Gasteiger partial charge >= 0.3 is 0 Å². The first-order valence-corrected chi connectivity index (χ1v) is 7.35. The third-order valence-electron chi connectivity index (χ3n) is 3.66. The maximum Gasteiger partial charge on any atom is 0.180 e. The topological polar surface area (TPSA) is 60.9 Å². The predicted molar refractivity (Wildman–Crippen MR) is 78.1 cm³/mol. The molecule has 1 heterocycles. The van der Waals surface area contributed by atoms with Crippen molar-refractivity contribution in [2.45, 2.75) is 53.0 Å². The van der Waals surface area contributed by atoms with Crippen molar-refractivity contribution in [1.29, 1.82) is 0 Å². The lowest BCUT2D eigenvalue weighted by atomic mass is 9.87. The highest BCUT2D eigenvalue weighted by Crippen LogP contribution is 2.21. The zero-order valence-electron chi connectivity index (χ0n) is 12.4. The maximum absolute atomic E-state index is 12.2. The van der Waals surface area contributed by atoms with Crippen molar-refractivity contribution in [3.8, 4) is 0 Å². The molecule has 0 amide bonds. The Labute approximate surface area is 116 Å². The first-order chi connectivity index (χ1) is 9.10. The summed E-state index contributed by atoms with van der Waals surface area (Å²) in [5, 5.41) is 4.20. The minimum atomic E-state index is 0.202. The van der Waals surface area contributed by atoms with Crippen LogP contribution in [0.25, 0.3) is 0 Å². The minimum absolute atomic E-state index is 0.202. The zero-order chi connectivity index (χ0) is 14.3. The van der Waals surface area contributed by atoms with Crippen molar-refractivity contribution in [2.24, 2.45) is 17.6 Å². The Bertz CT molecular complexity index is 384. The number of rotatable bonds is 9. The molecule has 1 unspecified atom stereocenters. The average molecular weight is 265 g/mol. The third kappa shape index (κ3) is 4.78. The van der Waals surface area contributed by atoms with E-state index in [0.29, 0.717) is 24.8 Å². The fourth-order valence-corrected chi connectivity index (χ4v) is 2.43. The summed E-state index contributed by atoms with van der Waals surface area (Å²) in [6, 6.07) is 1.82. The lowest BCUT2D eigenvalue weighted by molar-refractivity contribution is 0.0958. The second-order valence-corrected chi connectivity index (χ2v) is 5.48. The number of aromatic nitrogens is 2. The van der Waals surface area contributed by atoms with Gasteiger partial charge in [-0.15, -0.1) is 0 Å². The number of aryl methyl sites for hydroxylation is 1. The van der Waals surface area contributed by atoms with Crippen molar-refractivity contribution >= 4 is 5.78 Å². The standard InChI is InChI=1S/C15H27N3O/c1-4-11-18-14(8-10-17-18)15(19)6-5-13(7-9-16)12(2)3/h8,10,12-13H,4-7,9,11,16H2,1-3H3. The van der Waals surface area contributed by atoms with Crippen LogP contribution >= 0.6 is 0 Å². The molecule has 0 saturated carbocycles. The van der Waals surface area contributed by atoms with Gasteiger partial charge in [-0.3, -0.25) is 9.48 Å². The van der Waals surface area contributed by atoms with Crippen LogP contribution in [0.2, 0.25) is 0 Å². The molecule has 0 aliphatic rings. The maximum atomic E-state index is 12.2. The summed E-state index contributed by atoms with van der Waals surface area (Å²) in [5.74, 6) is 1.32. The number of ketones is 1. The number of carbonyl (C=O) groups excluding carboxylic acids is 1. The minimum Gasteiger partial charge on any atom is -0.330 e. The molecule has 1 aromatic rings. The van der Waals surface area contributed by atoms with Gasteiger partial charge in [-0.2, -0.15) is 5.10 Å². The van der Waals surface area contributed by atoms with Crippen LogP contribution in [-0.2, 0) is 6.54 Å². The molecule has 1 atom stereocenters. The van der Waals surface area contributed by atoms with Crippen LogP contribution in [0.15, 0.2) is 12.3 Å². The van der Waals surface area contributed by atoms with Crippen LogP contribution in [0, 0.1) is 11.8 Å². The van der Waals surface area contributed by atoms with E-state index >= 15 is 0 Å². The van der Waals surface area contributed by atoms with Crippen molar-refractivity contribution in [3.05, 3.63) is 18.0 Å². The smallest absolute Gasteiger partial charge is 0.180 e. The van der Waals surface area contributed by atoms with Crippen LogP contribution in [0.5, 0.6) is 0 Å². The van der Waals surface area contributed by atoms with E-state index in [2.05, 4.69) is 25.9 Å². The van der Waals surface area contributed by atoms with Crippen molar-refractivity contribution in [1.82, 2.24) is 9.78 Å². The highest BCUT2D eigenvalue weighted by Gasteiger charge is 2.17. The fraction of sp³-hybridized carbons (Fsp3) is 0.733. The van der Waals surface area contributed by atoms with Gasteiger partial charge < -0.3 is 5.73 Å². The molecule has 108 valence electrons. The van der Waals surface area contributed by atoms with Gasteiger partial charge in [0.15, 0.2) is 5.78 Å². The molecular weight excluding hydrogens is 238 g/mol. The van der Waals surface area contributed by atoms with Gasteiger partial charge in [-0.25, -0.2) is 0 Å². The second-order valence-electron chi connectivity index (χ2n) is 5.48. The Hall–Kier alpha value is -1.16. The summed E-state index contributed by atoms with van der Waals surface area (Å²) in [5.41, 5.74) is 6.38. The molecule has 4 heteroatoms. The van der Waals surface area contributed by atoms with Crippen molar-refractivity contribution < 1.29 is 4.79 Å². The van der Waals surface area contributed by atoms with E-state index in [1.807, 2.05) is 10.7 Å². The molecular formula is C15H27N3O. The summed E-state index contributed by atoms with van der Waals surface area (Å²) < 4.78 is 1.82. The van der Waals surface area contributed by atoms with Gasteiger partial charge in [0, 0.05) is 19.2 Å². The van der Waals surface area contributed by atoms with Gasteiger partial charge in [0.05, 0.1) is 0 Å². The Kier molecular flexibility index (Phi) is 6.78. The average Bonchev–Trinajstić information content (AvgIpc) is 2.82. The monoisotopic (exact) mass is 265 g/mol. The molecule has 0 bridgehead atoms. The zero-order valence-corrected chi connectivity index (χ0v) is 12.4. The molecule has 0 aliphatic carbocycles. The summed E-state index contributed by atoms with van der Waals surface area (Å²) in [6.07, 6.45) is 5.22. The molecule has 1 aromatic heterocycles. The van der Waals surface area contributed by atoms with Crippen molar-refractivity contribution in [2.75, 3.05) is 6.54 Å². The summed E-state index contributed by atoms with van der Waals surface area (Å²) in [4.78, 5) is 12.2. The Morgan fingerprint density at radius 2 is 2.16 bits per heavy atom. The molecule has 0 radical (unpaired) electrons. The molecule has 0 aromatic carbocycles. The second kappa shape index (κ2) is 8.10. The van der Waals surface area contributed by atoms with Crippen LogP contribution in [-0.4, -0.2) is 22.1 Å². The van der Waals surface area contributed by atoms with E-state index < -0.39 is 0 Å². The number of nitrogens with zero attached hydrogens (tertiary/aromatic N) is 2. The predicted octanol–water partition coefficient (Wildman–Crippen LogP) is 2.88. The van der Waals surface area contributed by atoms with Gasteiger partial charge in [0.2, 0.25) is 0 Å². The quantitative estimate of drug-likeness (QED) is 0.698. The first kappa shape index (κ1) is 15.9. The summed E-state index contributed by atoms with van der Waals surface area (Å²) in [7, 11) is 0. The number of Topliss-reactive ketones (excluding diaryl/α,β-unsaturated/α-hetero) is 1. The Balaban J connectivity index is 2.56. The van der Waals surface area contributed by atoms with E-state index in [0.717, 1.165) is 31.5 Å². The SMILES string of the molecule is CCCn1nccc1C(=O)CCC(CCN)C(C)C. The number of hydrogen-bond donors (Lipinski definition) is 1. The number of hydrogen-bond acceptors (Lipinski definition) is 3. The van der Waals surface area contributed by atoms with Gasteiger partial charge in [0.1, 0.15) is 5.69 Å². The fourth-order valence-electron chi connectivity index (χ4n) is 2.43. The van der Waals surface area contributed by atoms with Gasteiger partial charge in [-0.05, 0) is 43.7 Å². The molecule has 0 aliphatic heterocycles. The lowest BCUT2D eigenvalue weighted by Crippen LogP contribution is -2.17. The Morgan fingerprint density at radius 1 is 1.42 bits per heavy atom. The van der Waals surface area contributed by atoms with Crippen molar-refractivity contribution in [3.63, 3.8) is 0 Å². The van der Waals surface area contributed by atoms with Gasteiger partial charge in [0.25, 0.3) is 0 Å².